The average Bonchev–Trinajstić information content (AvgIpc) is 3.83. The van der Waals surface area contributed by atoms with Crippen LogP contribution in [0, 0.1) is 0 Å². The fraction of sp³-hybridized carbons (Fsp3) is 0. The minimum absolute atomic E-state index is 0.728. The van der Waals surface area contributed by atoms with E-state index in [0.29, 0.717) is 0 Å². The van der Waals surface area contributed by atoms with Crippen LogP contribution in [0.3, 0.4) is 0 Å². The van der Waals surface area contributed by atoms with E-state index in [-0.39, 0.29) is 0 Å². The number of rotatable bonds is 3. The van der Waals surface area contributed by atoms with E-state index in [9.17, 15) is 0 Å². The second-order valence-corrected chi connectivity index (χ2v) is 13.6. The second-order valence-electron chi connectivity index (χ2n) is 12.6. The van der Waals surface area contributed by atoms with Gasteiger partial charge in [0.05, 0.1) is 27.5 Å². The van der Waals surface area contributed by atoms with Gasteiger partial charge in [0.1, 0.15) is 4.83 Å². The summed E-state index contributed by atoms with van der Waals surface area (Å²) in [6, 6.07) is 56.3. The highest BCUT2D eigenvalue weighted by Gasteiger charge is 2.24. The summed E-state index contributed by atoms with van der Waals surface area (Å²) >= 11 is 1.76. The van der Waals surface area contributed by atoms with Crippen LogP contribution < -0.4 is 0 Å². The molecule has 0 atom stereocenters. The Hall–Kier alpha value is -6.30. The summed E-state index contributed by atoms with van der Waals surface area (Å²) in [6.07, 6.45) is 0. The van der Waals surface area contributed by atoms with Crippen molar-refractivity contribution in [3.63, 3.8) is 0 Å². The molecule has 0 unspecified atom stereocenters. The Morgan fingerprint density at radius 2 is 1.00 bits per heavy atom. The molecule has 0 saturated carbocycles. The van der Waals surface area contributed by atoms with Crippen molar-refractivity contribution in [2.24, 2.45) is 0 Å². The highest BCUT2D eigenvalue weighted by atomic mass is 32.1. The van der Waals surface area contributed by atoms with Gasteiger partial charge < -0.3 is 4.57 Å². The molecule has 0 N–H and O–H groups in total. The zero-order chi connectivity index (χ0) is 32.1. The van der Waals surface area contributed by atoms with Crippen LogP contribution in [0.2, 0.25) is 0 Å². The van der Waals surface area contributed by atoms with Crippen LogP contribution in [0.1, 0.15) is 0 Å². The molecule has 49 heavy (non-hydrogen) atoms. The first-order chi connectivity index (χ1) is 24.3. The Balaban J connectivity index is 1.33. The predicted octanol–water partition coefficient (Wildman–Crippen LogP) is 11.9. The Morgan fingerprint density at radius 1 is 0.408 bits per heavy atom. The summed E-state index contributed by atoms with van der Waals surface area (Å²) in [5.41, 5.74) is 6.79. The van der Waals surface area contributed by atoms with Crippen LogP contribution in [0.4, 0.5) is 0 Å². The van der Waals surface area contributed by atoms with Crippen molar-refractivity contribution in [2.45, 2.75) is 0 Å². The fourth-order valence-corrected chi connectivity index (χ4v) is 9.07. The van der Waals surface area contributed by atoms with E-state index in [2.05, 4.69) is 161 Å². The second kappa shape index (κ2) is 10.1. The molecule has 4 aromatic heterocycles. The first kappa shape index (κ1) is 26.7. The normalized spacial score (nSPS) is 12.1. The third-order valence-electron chi connectivity index (χ3n) is 9.93. The Bertz CT molecular complexity index is 3100. The molecule has 0 fully saturated rings. The lowest BCUT2D eigenvalue weighted by Gasteiger charge is -2.12. The molecule has 0 aliphatic rings. The molecule has 11 aromatic rings. The monoisotopic (exact) mass is 642 g/mol. The number of thiophene rings is 1. The van der Waals surface area contributed by atoms with E-state index in [0.717, 1.165) is 44.1 Å². The molecular weight excluding hydrogens is 617 g/mol. The van der Waals surface area contributed by atoms with Gasteiger partial charge in [0, 0.05) is 42.9 Å². The van der Waals surface area contributed by atoms with Crippen LogP contribution in [0.15, 0.2) is 158 Å². The standard InChI is InChI=1S/C44H26N4S/c1-3-14-28(15-4-1)42-45-43(40-33-24-23-27-13-7-8-18-30(27)41(33)49-44(40)46-42)48-35-22-12-10-20-32(35)39-37(48)26-25-36-38(39)31-19-9-11-21-34(31)47(36)29-16-5-2-6-17-29/h1-26H. The number of hydrogen-bond donors (Lipinski definition) is 0. The van der Waals surface area contributed by atoms with Gasteiger partial charge in [-0.1, -0.05) is 121 Å². The van der Waals surface area contributed by atoms with Crippen LogP contribution in [0.5, 0.6) is 0 Å². The first-order valence-electron chi connectivity index (χ1n) is 16.5. The van der Waals surface area contributed by atoms with Gasteiger partial charge >= 0.3 is 0 Å². The number of nitrogens with zero attached hydrogens (tertiary/aromatic N) is 4. The quantitative estimate of drug-likeness (QED) is 0.192. The highest BCUT2D eigenvalue weighted by molar-refractivity contribution is 7.26. The van der Waals surface area contributed by atoms with Crippen molar-refractivity contribution < 1.29 is 0 Å². The number of fused-ring (bicyclic) bond motifs is 12. The van der Waals surface area contributed by atoms with Gasteiger partial charge in [-0.2, -0.15) is 0 Å². The molecule has 0 saturated heterocycles. The average molecular weight is 643 g/mol. The van der Waals surface area contributed by atoms with Crippen molar-refractivity contribution in [3.8, 4) is 22.9 Å². The molecule has 7 aromatic carbocycles. The summed E-state index contributed by atoms with van der Waals surface area (Å²) in [5.74, 6) is 1.63. The molecule has 11 rings (SSSR count). The summed E-state index contributed by atoms with van der Waals surface area (Å²) in [5, 5.41) is 9.66. The van der Waals surface area contributed by atoms with E-state index in [1.807, 2.05) is 6.07 Å². The van der Waals surface area contributed by atoms with Crippen molar-refractivity contribution in [1.29, 1.82) is 0 Å². The van der Waals surface area contributed by atoms with Gasteiger partial charge in [-0.15, -0.1) is 11.3 Å². The first-order valence-corrected chi connectivity index (χ1v) is 17.3. The van der Waals surface area contributed by atoms with Crippen molar-refractivity contribution in [1.82, 2.24) is 19.1 Å². The molecule has 4 heterocycles. The third-order valence-corrected chi connectivity index (χ3v) is 11.1. The summed E-state index contributed by atoms with van der Waals surface area (Å²) in [4.78, 5) is 11.7. The lowest BCUT2D eigenvalue weighted by molar-refractivity contribution is 1.08. The SMILES string of the molecule is c1ccc(-c2nc(-n3c4ccccc4c4c5c6ccccc6n(-c6ccccc6)c5ccc43)c3c(n2)sc2c4ccccc4ccc23)cc1. The van der Waals surface area contributed by atoms with Crippen LogP contribution >= 0.6 is 11.3 Å². The maximum absolute atomic E-state index is 5.46. The smallest absolute Gasteiger partial charge is 0.163 e. The molecule has 0 spiro atoms. The molecule has 0 radical (unpaired) electrons. The molecule has 0 aliphatic carbocycles. The van der Waals surface area contributed by atoms with Gasteiger partial charge in [-0.3, -0.25) is 4.57 Å². The minimum Gasteiger partial charge on any atom is -0.309 e. The molecule has 0 bridgehead atoms. The minimum atomic E-state index is 0.728. The Labute approximate surface area is 284 Å². The lowest BCUT2D eigenvalue weighted by atomic mass is 10.1. The predicted molar refractivity (Wildman–Crippen MR) is 207 cm³/mol. The van der Waals surface area contributed by atoms with Gasteiger partial charge in [0.25, 0.3) is 0 Å². The molecule has 4 nitrogen and oxygen atoms in total. The lowest BCUT2D eigenvalue weighted by Crippen LogP contribution is -2.01. The fourth-order valence-electron chi connectivity index (χ4n) is 7.86. The number of para-hydroxylation sites is 3. The van der Waals surface area contributed by atoms with Crippen LogP contribution in [-0.4, -0.2) is 19.1 Å². The molecule has 0 aliphatic heterocycles. The maximum Gasteiger partial charge on any atom is 0.163 e. The van der Waals surface area contributed by atoms with E-state index < -0.39 is 0 Å². The van der Waals surface area contributed by atoms with E-state index in [1.165, 1.54) is 53.4 Å². The van der Waals surface area contributed by atoms with E-state index in [1.54, 1.807) is 11.3 Å². The number of aromatic nitrogens is 4. The van der Waals surface area contributed by atoms with Gasteiger partial charge in [-0.05, 0) is 47.2 Å². The summed E-state index contributed by atoms with van der Waals surface area (Å²) in [7, 11) is 0. The van der Waals surface area contributed by atoms with Gasteiger partial charge in [0.2, 0.25) is 0 Å². The topological polar surface area (TPSA) is 35.6 Å². The van der Waals surface area contributed by atoms with Crippen LogP contribution in [-0.2, 0) is 0 Å². The zero-order valence-corrected chi connectivity index (χ0v) is 27.0. The molecular formula is C44H26N4S. The van der Waals surface area contributed by atoms with Crippen LogP contribution in [0.25, 0.3) is 97.6 Å². The van der Waals surface area contributed by atoms with E-state index >= 15 is 0 Å². The highest BCUT2D eigenvalue weighted by Crippen LogP contribution is 2.45. The summed E-state index contributed by atoms with van der Waals surface area (Å²) in [6.45, 7) is 0. The van der Waals surface area contributed by atoms with E-state index in [4.69, 9.17) is 9.97 Å². The van der Waals surface area contributed by atoms with Gasteiger partial charge in [0.15, 0.2) is 11.6 Å². The summed E-state index contributed by atoms with van der Waals surface area (Å²) < 4.78 is 6.02. The zero-order valence-electron chi connectivity index (χ0n) is 26.2. The largest absolute Gasteiger partial charge is 0.309 e. The van der Waals surface area contributed by atoms with Crippen molar-refractivity contribution >= 4 is 86.0 Å². The molecule has 228 valence electrons. The van der Waals surface area contributed by atoms with Crippen molar-refractivity contribution in [3.05, 3.63) is 158 Å². The maximum atomic E-state index is 5.46. The van der Waals surface area contributed by atoms with Crippen molar-refractivity contribution in [2.75, 3.05) is 0 Å². The Morgan fingerprint density at radius 3 is 1.73 bits per heavy atom. The van der Waals surface area contributed by atoms with Gasteiger partial charge in [-0.25, -0.2) is 9.97 Å². The molecule has 5 heteroatoms. The number of benzene rings is 7. The number of hydrogen-bond acceptors (Lipinski definition) is 3. The Kier molecular flexibility index (Phi) is 5.51. The third kappa shape index (κ3) is 3.73. The molecule has 0 amide bonds.